The van der Waals surface area contributed by atoms with Crippen LogP contribution in [0.3, 0.4) is 0 Å². The van der Waals surface area contributed by atoms with E-state index in [9.17, 15) is 4.39 Å². The maximum atomic E-state index is 13.2. The van der Waals surface area contributed by atoms with E-state index in [0.29, 0.717) is 24.9 Å². The summed E-state index contributed by atoms with van der Waals surface area (Å²) in [7, 11) is 0. The number of ether oxygens (including phenoxy) is 1. The Balaban J connectivity index is 1.38. The van der Waals surface area contributed by atoms with Gasteiger partial charge in [0.05, 0.1) is 24.6 Å². The molecule has 0 radical (unpaired) electrons. The SMILES string of the molecule is Fc1ccc(-c2nc(CSc3nnc(N4CCOCC4)n3-c3ccccc3)co2)cc1. The molecule has 0 N–H and O–H groups in total. The van der Waals surface area contributed by atoms with Crippen LogP contribution in [0.1, 0.15) is 5.69 Å². The van der Waals surface area contributed by atoms with Crippen molar-refractivity contribution in [1.82, 2.24) is 19.7 Å². The summed E-state index contributed by atoms with van der Waals surface area (Å²) in [6.07, 6.45) is 1.62. The van der Waals surface area contributed by atoms with E-state index >= 15 is 0 Å². The zero-order chi connectivity index (χ0) is 21.0. The van der Waals surface area contributed by atoms with E-state index in [1.807, 2.05) is 30.3 Å². The Labute approximate surface area is 182 Å². The normalized spacial score (nSPS) is 14.2. The molecule has 5 rings (SSSR count). The topological polar surface area (TPSA) is 69.2 Å². The van der Waals surface area contributed by atoms with Crippen molar-refractivity contribution in [2.24, 2.45) is 0 Å². The number of rotatable bonds is 6. The zero-order valence-corrected chi connectivity index (χ0v) is 17.5. The van der Waals surface area contributed by atoms with Crippen LogP contribution in [0.4, 0.5) is 10.3 Å². The Hall–Kier alpha value is -3.17. The van der Waals surface area contributed by atoms with Crippen LogP contribution in [0.15, 0.2) is 70.4 Å². The number of thioether (sulfide) groups is 1. The molecule has 0 saturated carbocycles. The summed E-state index contributed by atoms with van der Waals surface area (Å²) in [4.78, 5) is 6.72. The third-order valence-electron chi connectivity index (χ3n) is 4.92. The third kappa shape index (κ3) is 4.33. The Kier molecular flexibility index (Phi) is 5.68. The second-order valence-electron chi connectivity index (χ2n) is 6.99. The highest BCUT2D eigenvalue weighted by molar-refractivity contribution is 7.98. The molecule has 1 aliphatic rings. The number of para-hydroxylation sites is 1. The molecule has 158 valence electrons. The molecular weight excluding hydrogens is 417 g/mol. The molecule has 0 unspecified atom stereocenters. The minimum absolute atomic E-state index is 0.289. The first-order valence-electron chi connectivity index (χ1n) is 9.94. The van der Waals surface area contributed by atoms with E-state index in [0.717, 1.165) is 41.1 Å². The predicted molar refractivity (Wildman–Crippen MR) is 116 cm³/mol. The van der Waals surface area contributed by atoms with Crippen molar-refractivity contribution in [3.05, 3.63) is 72.4 Å². The van der Waals surface area contributed by atoms with E-state index in [2.05, 4.69) is 24.6 Å². The first-order chi connectivity index (χ1) is 15.3. The number of aromatic nitrogens is 4. The van der Waals surface area contributed by atoms with Crippen LogP contribution in [0.2, 0.25) is 0 Å². The van der Waals surface area contributed by atoms with Gasteiger partial charge in [0.25, 0.3) is 0 Å². The van der Waals surface area contributed by atoms with Crippen molar-refractivity contribution in [2.45, 2.75) is 10.9 Å². The number of oxazole rings is 1. The average Bonchev–Trinajstić information content (AvgIpc) is 3.47. The smallest absolute Gasteiger partial charge is 0.232 e. The summed E-state index contributed by atoms with van der Waals surface area (Å²) >= 11 is 1.54. The number of hydrogen-bond donors (Lipinski definition) is 0. The molecule has 2 aromatic heterocycles. The number of halogens is 1. The van der Waals surface area contributed by atoms with Gasteiger partial charge in [-0.05, 0) is 36.4 Å². The molecule has 9 heteroatoms. The number of nitrogens with zero attached hydrogens (tertiary/aromatic N) is 5. The number of morpholine rings is 1. The first kappa shape index (κ1) is 19.8. The molecule has 1 saturated heterocycles. The second kappa shape index (κ2) is 8.91. The second-order valence-corrected chi connectivity index (χ2v) is 7.94. The van der Waals surface area contributed by atoms with Crippen molar-refractivity contribution in [2.75, 3.05) is 31.2 Å². The minimum Gasteiger partial charge on any atom is -0.444 e. The van der Waals surface area contributed by atoms with E-state index in [4.69, 9.17) is 9.15 Å². The summed E-state index contributed by atoms with van der Waals surface area (Å²) in [5, 5.41) is 9.70. The Bertz CT molecular complexity index is 1140. The van der Waals surface area contributed by atoms with E-state index in [1.165, 1.54) is 23.9 Å². The van der Waals surface area contributed by atoms with Gasteiger partial charge >= 0.3 is 0 Å². The van der Waals surface area contributed by atoms with Crippen LogP contribution in [-0.4, -0.2) is 46.1 Å². The summed E-state index contributed by atoms with van der Waals surface area (Å²) in [5.74, 6) is 1.55. The molecule has 0 spiro atoms. The van der Waals surface area contributed by atoms with Crippen LogP contribution in [0.25, 0.3) is 17.1 Å². The van der Waals surface area contributed by atoms with Crippen LogP contribution in [0, 0.1) is 5.82 Å². The van der Waals surface area contributed by atoms with Gasteiger partial charge in [-0.3, -0.25) is 4.57 Å². The van der Waals surface area contributed by atoms with Crippen molar-refractivity contribution in [1.29, 1.82) is 0 Å². The van der Waals surface area contributed by atoms with Crippen molar-refractivity contribution in [3.8, 4) is 17.1 Å². The molecular formula is C22H20FN5O2S. The lowest BCUT2D eigenvalue weighted by Gasteiger charge is -2.27. The molecule has 31 heavy (non-hydrogen) atoms. The summed E-state index contributed by atoms with van der Waals surface area (Å²) in [5.41, 5.74) is 2.52. The van der Waals surface area contributed by atoms with Gasteiger partial charge in [-0.1, -0.05) is 30.0 Å². The van der Waals surface area contributed by atoms with E-state index in [-0.39, 0.29) is 5.82 Å². The number of hydrogen-bond acceptors (Lipinski definition) is 7. The molecule has 0 amide bonds. The van der Waals surface area contributed by atoms with Gasteiger partial charge in [-0.15, -0.1) is 10.2 Å². The van der Waals surface area contributed by atoms with Crippen molar-refractivity contribution in [3.63, 3.8) is 0 Å². The lowest BCUT2D eigenvalue weighted by atomic mass is 10.2. The van der Waals surface area contributed by atoms with Gasteiger partial charge in [-0.25, -0.2) is 9.37 Å². The molecule has 0 atom stereocenters. The fourth-order valence-electron chi connectivity index (χ4n) is 3.36. The van der Waals surface area contributed by atoms with Gasteiger partial charge < -0.3 is 14.1 Å². The largest absolute Gasteiger partial charge is 0.444 e. The maximum absolute atomic E-state index is 13.2. The first-order valence-corrected chi connectivity index (χ1v) is 10.9. The Morgan fingerprint density at radius 1 is 0.968 bits per heavy atom. The number of anilines is 1. The average molecular weight is 438 g/mol. The van der Waals surface area contributed by atoms with Crippen LogP contribution < -0.4 is 4.90 Å². The summed E-state index contributed by atoms with van der Waals surface area (Å²) < 4.78 is 26.3. The van der Waals surface area contributed by atoms with E-state index < -0.39 is 0 Å². The summed E-state index contributed by atoms with van der Waals surface area (Å²) in [6, 6.07) is 16.2. The maximum Gasteiger partial charge on any atom is 0.232 e. The lowest BCUT2D eigenvalue weighted by Crippen LogP contribution is -2.37. The Morgan fingerprint density at radius 3 is 2.52 bits per heavy atom. The third-order valence-corrected chi connectivity index (χ3v) is 5.88. The fraction of sp³-hybridized carbons (Fsp3) is 0.227. The van der Waals surface area contributed by atoms with Gasteiger partial charge in [-0.2, -0.15) is 0 Å². The minimum atomic E-state index is -0.289. The van der Waals surface area contributed by atoms with Gasteiger partial charge in [0, 0.05) is 24.4 Å². The Morgan fingerprint density at radius 2 is 1.74 bits per heavy atom. The van der Waals surface area contributed by atoms with Crippen molar-refractivity contribution < 1.29 is 13.5 Å². The molecule has 3 heterocycles. The highest BCUT2D eigenvalue weighted by Gasteiger charge is 2.22. The molecule has 1 fully saturated rings. The van der Waals surface area contributed by atoms with Crippen molar-refractivity contribution >= 4 is 17.7 Å². The van der Waals surface area contributed by atoms with Crippen LogP contribution in [-0.2, 0) is 10.5 Å². The quantitative estimate of drug-likeness (QED) is 0.419. The molecule has 0 bridgehead atoms. The van der Waals surface area contributed by atoms with Gasteiger partial charge in [0.2, 0.25) is 11.8 Å². The highest BCUT2D eigenvalue weighted by Crippen LogP contribution is 2.30. The monoisotopic (exact) mass is 437 g/mol. The van der Waals surface area contributed by atoms with E-state index in [1.54, 1.807) is 18.4 Å². The molecule has 4 aromatic rings. The molecule has 2 aromatic carbocycles. The lowest BCUT2D eigenvalue weighted by molar-refractivity contribution is 0.122. The standard InChI is InChI=1S/C22H20FN5O2S/c23-17-8-6-16(7-9-17)20-24-18(14-30-20)15-31-22-26-25-21(27-10-12-29-13-11-27)28(22)19-4-2-1-3-5-19/h1-9,14H,10-13,15H2. The molecule has 0 aliphatic carbocycles. The highest BCUT2D eigenvalue weighted by atomic mass is 32.2. The molecule has 7 nitrogen and oxygen atoms in total. The number of benzene rings is 2. The summed E-state index contributed by atoms with van der Waals surface area (Å²) in [6.45, 7) is 2.91. The van der Waals surface area contributed by atoms with Gasteiger partial charge in [0.1, 0.15) is 12.1 Å². The molecule has 1 aliphatic heterocycles. The zero-order valence-electron chi connectivity index (χ0n) is 16.6. The van der Waals surface area contributed by atoms with Crippen LogP contribution >= 0.6 is 11.8 Å². The fourth-order valence-corrected chi connectivity index (χ4v) is 4.19. The predicted octanol–water partition coefficient (Wildman–Crippen LogP) is 4.19. The van der Waals surface area contributed by atoms with Gasteiger partial charge in [0.15, 0.2) is 5.16 Å². The van der Waals surface area contributed by atoms with Crippen LogP contribution in [0.5, 0.6) is 0 Å².